The molecule has 1 aliphatic heterocycles. The highest BCUT2D eigenvalue weighted by Crippen LogP contribution is 2.35. The summed E-state index contributed by atoms with van der Waals surface area (Å²) < 4.78 is 5.86. The van der Waals surface area contributed by atoms with Gasteiger partial charge in [-0.3, -0.25) is 9.59 Å². The summed E-state index contributed by atoms with van der Waals surface area (Å²) in [7, 11) is 0. The van der Waals surface area contributed by atoms with Gasteiger partial charge in [0.1, 0.15) is 17.0 Å². The van der Waals surface area contributed by atoms with Crippen molar-refractivity contribution >= 4 is 53.2 Å². The van der Waals surface area contributed by atoms with Gasteiger partial charge in [0, 0.05) is 23.2 Å². The molecule has 6 nitrogen and oxygen atoms in total. The van der Waals surface area contributed by atoms with Gasteiger partial charge >= 0.3 is 5.97 Å². The molecule has 3 aromatic carbocycles. The molecule has 0 spiro atoms. The molecule has 0 bridgehead atoms. The molecule has 1 heterocycles. The van der Waals surface area contributed by atoms with Gasteiger partial charge < -0.3 is 20.9 Å². The second-order valence-corrected chi connectivity index (χ2v) is 8.30. The van der Waals surface area contributed by atoms with Crippen LogP contribution in [0.1, 0.15) is 23.6 Å². The van der Waals surface area contributed by atoms with Crippen LogP contribution in [0.3, 0.4) is 0 Å². The van der Waals surface area contributed by atoms with Gasteiger partial charge in [-0.2, -0.15) is 0 Å². The largest absolute Gasteiger partial charge is 0.480 e. The van der Waals surface area contributed by atoms with Gasteiger partial charge in [-0.05, 0) is 54.5 Å². The van der Waals surface area contributed by atoms with Crippen molar-refractivity contribution in [3.05, 3.63) is 88.4 Å². The number of carbonyl (C=O) groups excluding carboxylic acids is 1. The minimum absolute atomic E-state index is 0. The van der Waals surface area contributed by atoms with E-state index in [1.165, 1.54) is 6.92 Å². The predicted molar refractivity (Wildman–Crippen MR) is 132 cm³/mol. The maximum atomic E-state index is 12.3. The second-order valence-electron chi connectivity index (χ2n) is 7.89. The number of aliphatic carboxylic acids is 1. The number of hydrogen-bond acceptors (Lipinski definition) is 4. The first kappa shape index (κ1) is 24.3. The van der Waals surface area contributed by atoms with Gasteiger partial charge in [0.15, 0.2) is 0 Å². The van der Waals surface area contributed by atoms with Gasteiger partial charge in [-0.25, -0.2) is 0 Å². The molecular weight excluding hydrogens is 463 g/mol. The van der Waals surface area contributed by atoms with Crippen LogP contribution in [0.15, 0.2) is 66.7 Å². The number of amides is 1. The van der Waals surface area contributed by atoms with Crippen molar-refractivity contribution in [2.24, 2.45) is 5.73 Å². The first-order valence-electron chi connectivity index (χ1n) is 9.94. The average Bonchev–Trinajstić information content (AvgIpc) is 3.06. The van der Waals surface area contributed by atoms with Crippen LogP contribution in [-0.2, 0) is 16.0 Å². The highest BCUT2D eigenvalue weighted by molar-refractivity contribution is 6.35. The summed E-state index contributed by atoms with van der Waals surface area (Å²) in [5, 5.41) is 12.4. The topological polar surface area (TPSA) is 102 Å². The Balaban J connectivity index is 0.00000306. The lowest BCUT2D eigenvalue weighted by Gasteiger charge is -2.19. The van der Waals surface area contributed by atoms with E-state index >= 15 is 0 Å². The van der Waals surface area contributed by atoms with Crippen molar-refractivity contribution in [1.29, 1.82) is 0 Å². The molecule has 170 valence electrons. The molecule has 4 N–H and O–H groups in total. The summed E-state index contributed by atoms with van der Waals surface area (Å²) in [6, 6.07) is 19.8. The van der Waals surface area contributed by atoms with E-state index in [1.54, 1.807) is 42.5 Å². The zero-order chi connectivity index (χ0) is 22.9. The number of fused-ring (bicyclic) bond motifs is 1. The molecule has 4 rings (SSSR count). The number of rotatable bonds is 6. The van der Waals surface area contributed by atoms with Crippen molar-refractivity contribution in [3.8, 4) is 11.5 Å². The standard InChI is InChI=1S/C25H21ClN2O4.ClH/c1-25(27,24(30)31)14-15-6-9-17(10-7-15)32-22-11-8-16(13-20(22)26)12-19-18-4-2-3-5-21(18)28-23(19)29;/h2-13H,14,27H2,1H3,(H,28,29)(H,30,31);1H. The molecule has 33 heavy (non-hydrogen) atoms. The van der Waals surface area contributed by atoms with E-state index in [4.69, 9.17) is 27.2 Å². The minimum atomic E-state index is -1.34. The van der Waals surface area contributed by atoms with Crippen LogP contribution in [0, 0.1) is 0 Å². The Morgan fingerprint density at radius 3 is 2.52 bits per heavy atom. The van der Waals surface area contributed by atoms with Crippen LogP contribution in [0.2, 0.25) is 5.02 Å². The van der Waals surface area contributed by atoms with Crippen molar-refractivity contribution in [3.63, 3.8) is 0 Å². The Kier molecular flexibility index (Phi) is 7.12. The van der Waals surface area contributed by atoms with Crippen LogP contribution in [0.4, 0.5) is 5.69 Å². The monoisotopic (exact) mass is 484 g/mol. The highest BCUT2D eigenvalue weighted by atomic mass is 35.5. The van der Waals surface area contributed by atoms with Crippen LogP contribution in [0.25, 0.3) is 11.6 Å². The number of nitrogens with two attached hydrogens (primary N) is 1. The van der Waals surface area contributed by atoms with Crippen molar-refractivity contribution in [1.82, 2.24) is 0 Å². The fourth-order valence-electron chi connectivity index (χ4n) is 3.44. The molecule has 1 amide bonds. The molecular formula is C25H22Cl2N2O4. The molecule has 1 atom stereocenters. The Bertz CT molecular complexity index is 1240. The minimum Gasteiger partial charge on any atom is -0.480 e. The third-order valence-electron chi connectivity index (χ3n) is 5.19. The number of para-hydroxylation sites is 1. The Morgan fingerprint density at radius 2 is 1.85 bits per heavy atom. The number of carboxylic acid groups (broad SMARTS) is 1. The Morgan fingerprint density at radius 1 is 1.15 bits per heavy atom. The fourth-order valence-corrected chi connectivity index (χ4v) is 3.67. The SMILES string of the molecule is CC(N)(Cc1ccc(Oc2ccc(C=C3C(=O)Nc4ccccc43)cc2Cl)cc1)C(=O)O.Cl. The van der Waals surface area contributed by atoms with E-state index in [-0.39, 0.29) is 24.7 Å². The molecule has 8 heteroatoms. The normalized spacial score (nSPS) is 15.2. The lowest BCUT2D eigenvalue weighted by molar-refractivity contribution is -0.142. The molecule has 0 saturated carbocycles. The lowest BCUT2D eigenvalue weighted by Crippen LogP contribution is -2.46. The Hall–Kier alpha value is -3.32. The lowest BCUT2D eigenvalue weighted by atomic mass is 9.94. The summed E-state index contributed by atoms with van der Waals surface area (Å²) in [5.74, 6) is -0.190. The van der Waals surface area contributed by atoms with E-state index in [0.717, 1.165) is 22.4 Å². The molecule has 0 aromatic heterocycles. The molecule has 0 radical (unpaired) electrons. The zero-order valence-corrected chi connectivity index (χ0v) is 19.2. The summed E-state index contributed by atoms with van der Waals surface area (Å²) >= 11 is 6.42. The third kappa shape index (κ3) is 5.37. The van der Waals surface area contributed by atoms with Gasteiger partial charge in [-0.1, -0.05) is 48.0 Å². The smallest absolute Gasteiger partial charge is 0.323 e. The van der Waals surface area contributed by atoms with Crippen LogP contribution < -0.4 is 15.8 Å². The summed E-state index contributed by atoms with van der Waals surface area (Å²) in [6.07, 6.45) is 1.99. The Labute approximate surface area is 202 Å². The van der Waals surface area contributed by atoms with E-state index in [0.29, 0.717) is 22.1 Å². The highest BCUT2D eigenvalue weighted by Gasteiger charge is 2.28. The summed E-state index contributed by atoms with van der Waals surface area (Å²) in [4.78, 5) is 23.5. The number of carboxylic acids is 1. The van der Waals surface area contributed by atoms with Gasteiger partial charge in [0.2, 0.25) is 0 Å². The fraction of sp³-hybridized carbons (Fsp3) is 0.120. The first-order valence-corrected chi connectivity index (χ1v) is 10.3. The number of halogens is 2. The van der Waals surface area contributed by atoms with E-state index in [9.17, 15) is 9.59 Å². The molecule has 0 fully saturated rings. The van der Waals surface area contributed by atoms with E-state index < -0.39 is 11.5 Å². The number of nitrogens with one attached hydrogen (secondary N) is 1. The van der Waals surface area contributed by atoms with Gasteiger partial charge in [0.05, 0.1) is 5.02 Å². The quantitative estimate of drug-likeness (QED) is 0.407. The predicted octanol–water partition coefficient (Wildman–Crippen LogP) is 5.39. The number of carbonyl (C=O) groups is 2. The van der Waals surface area contributed by atoms with Crippen LogP contribution >= 0.6 is 24.0 Å². The van der Waals surface area contributed by atoms with Crippen LogP contribution in [-0.4, -0.2) is 22.5 Å². The van der Waals surface area contributed by atoms with Crippen molar-refractivity contribution in [2.45, 2.75) is 18.9 Å². The first-order chi connectivity index (χ1) is 15.2. The maximum absolute atomic E-state index is 12.3. The number of hydrogen-bond donors (Lipinski definition) is 3. The van der Waals surface area contributed by atoms with E-state index in [1.807, 2.05) is 30.3 Å². The van der Waals surface area contributed by atoms with E-state index in [2.05, 4.69) is 5.32 Å². The third-order valence-corrected chi connectivity index (χ3v) is 5.48. The second kappa shape index (κ2) is 9.67. The number of benzene rings is 3. The van der Waals surface area contributed by atoms with Gasteiger partial charge in [-0.15, -0.1) is 12.4 Å². The average molecular weight is 485 g/mol. The van der Waals surface area contributed by atoms with Crippen LogP contribution in [0.5, 0.6) is 11.5 Å². The van der Waals surface area contributed by atoms with Crippen molar-refractivity contribution in [2.75, 3.05) is 5.32 Å². The number of anilines is 1. The molecule has 0 aliphatic carbocycles. The molecule has 3 aromatic rings. The molecule has 1 unspecified atom stereocenters. The summed E-state index contributed by atoms with van der Waals surface area (Å²) in [6.45, 7) is 1.48. The van der Waals surface area contributed by atoms with Gasteiger partial charge in [0.25, 0.3) is 5.91 Å². The van der Waals surface area contributed by atoms with Crippen molar-refractivity contribution < 1.29 is 19.4 Å². The zero-order valence-electron chi connectivity index (χ0n) is 17.7. The number of ether oxygens (including phenoxy) is 1. The molecule has 0 saturated heterocycles. The molecule has 1 aliphatic rings. The maximum Gasteiger partial charge on any atom is 0.323 e. The summed E-state index contributed by atoms with van der Waals surface area (Å²) in [5.41, 5.74) is 8.24.